The van der Waals surface area contributed by atoms with Crippen LogP contribution in [-0.4, -0.2) is 52.7 Å². The average molecular weight is 390 g/mol. The van der Waals surface area contributed by atoms with Gasteiger partial charge in [0, 0.05) is 34.0 Å². The van der Waals surface area contributed by atoms with Crippen LogP contribution in [0.1, 0.15) is 33.1 Å². The minimum Gasteiger partial charge on any atom is -0.463 e. The van der Waals surface area contributed by atoms with Gasteiger partial charge in [0.1, 0.15) is 6.10 Å². The second-order valence-electron chi connectivity index (χ2n) is 9.04. The third-order valence-corrected chi connectivity index (χ3v) is 7.84. The van der Waals surface area contributed by atoms with Gasteiger partial charge < -0.3 is 24.4 Å². The molecule has 5 rings (SSSR count). The van der Waals surface area contributed by atoms with E-state index in [-0.39, 0.29) is 24.0 Å². The van der Waals surface area contributed by atoms with Gasteiger partial charge in [-0.25, -0.2) is 14.4 Å². The van der Waals surface area contributed by atoms with Crippen molar-refractivity contribution in [3.63, 3.8) is 0 Å². The van der Waals surface area contributed by atoms with E-state index in [9.17, 15) is 24.6 Å². The number of hydrogen-bond donors (Lipinski definition) is 2. The Balaban J connectivity index is 1.57. The Kier molecular flexibility index (Phi) is 3.35. The molecule has 3 fully saturated rings. The number of cyclic esters (lactones) is 3. The maximum Gasteiger partial charge on any atom is 0.339 e. The predicted molar refractivity (Wildman–Crippen MR) is 91.1 cm³/mol. The quantitative estimate of drug-likeness (QED) is 0.487. The number of esters is 3. The number of rotatable bonds is 1. The van der Waals surface area contributed by atoms with E-state index in [4.69, 9.17) is 14.2 Å². The zero-order valence-electron chi connectivity index (χ0n) is 15.6. The van der Waals surface area contributed by atoms with Crippen LogP contribution in [0, 0.1) is 22.7 Å². The molecule has 0 aromatic carbocycles. The van der Waals surface area contributed by atoms with Crippen molar-refractivity contribution < 1.29 is 38.8 Å². The van der Waals surface area contributed by atoms with Crippen LogP contribution < -0.4 is 0 Å². The highest BCUT2D eigenvalue weighted by Gasteiger charge is 2.74. The molecule has 28 heavy (non-hydrogen) atoms. The average Bonchev–Trinajstić information content (AvgIpc) is 3.18. The van der Waals surface area contributed by atoms with Crippen LogP contribution in [0.5, 0.6) is 0 Å². The van der Waals surface area contributed by atoms with Gasteiger partial charge in [-0.1, -0.05) is 19.9 Å². The van der Waals surface area contributed by atoms with Crippen molar-refractivity contribution in [2.24, 2.45) is 22.7 Å². The zero-order chi connectivity index (χ0) is 20.1. The summed E-state index contributed by atoms with van der Waals surface area (Å²) >= 11 is 0. The molecule has 0 aromatic rings. The van der Waals surface area contributed by atoms with Crippen molar-refractivity contribution in [2.45, 2.75) is 51.1 Å². The maximum atomic E-state index is 12.8. The topological polar surface area (TPSA) is 119 Å². The summed E-state index contributed by atoms with van der Waals surface area (Å²) in [5.41, 5.74) is -2.28. The molecule has 0 bridgehead atoms. The van der Waals surface area contributed by atoms with Crippen LogP contribution in [-0.2, 0) is 28.6 Å². The Hall–Kier alpha value is -2.19. The number of aliphatic hydroxyl groups excluding tert-OH is 1. The molecule has 2 aliphatic carbocycles. The van der Waals surface area contributed by atoms with Gasteiger partial charge in [0.25, 0.3) is 0 Å². The lowest BCUT2D eigenvalue weighted by molar-refractivity contribution is -0.173. The molecule has 8 heteroatoms. The molecule has 5 aliphatic rings. The summed E-state index contributed by atoms with van der Waals surface area (Å²) in [6.45, 7) is 4.00. The van der Waals surface area contributed by atoms with Gasteiger partial charge in [0.2, 0.25) is 6.29 Å². The molecular weight excluding hydrogens is 368 g/mol. The van der Waals surface area contributed by atoms with Gasteiger partial charge in [-0.15, -0.1) is 0 Å². The molecule has 0 unspecified atom stereocenters. The SMILES string of the molecule is C[C@@]12C[C@H](C3=CC(=O)O[C@@H]3O)OC(=O)C1=CC[C@]1(C)[C@H]2C[C@H]2COC(=O)[C@]21O. The lowest BCUT2D eigenvalue weighted by Crippen LogP contribution is -2.57. The van der Waals surface area contributed by atoms with Crippen LogP contribution >= 0.6 is 0 Å². The second kappa shape index (κ2) is 5.24. The number of ether oxygens (including phenoxy) is 3. The van der Waals surface area contributed by atoms with Gasteiger partial charge >= 0.3 is 17.9 Å². The molecule has 3 heterocycles. The van der Waals surface area contributed by atoms with E-state index in [1.807, 2.05) is 13.8 Å². The van der Waals surface area contributed by atoms with Crippen LogP contribution in [0.3, 0.4) is 0 Å². The Bertz CT molecular complexity index is 873. The van der Waals surface area contributed by atoms with E-state index in [0.29, 0.717) is 24.8 Å². The third kappa shape index (κ3) is 1.90. The molecule has 150 valence electrons. The number of fused-ring (bicyclic) bond motifs is 5. The van der Waals surface area contributed by atoms with Crippen molar-refractivity contribution in [3.8, 4) is 0 Å². The summed E-state index contributed by atoms with van der Waals surface area (Å²) in [7, 11) is 0. The Morgan fingerprint density at radius 3 is 2.61 bits per heavy atom. The van der Waals surface area contributed by atoms with Crippen LogP contribution in [0.2, 0.25) is 0 Å². The van der Waals surface area contributed by atoms with Gasteiger partial charge in [0.15, 0.2) is 5.60 Å². The zero-order valence-corrected chi connectivity index (χ0v) is 15.6. The number of hydrogen-bond acceptors (Lipinski definition) is 8. The summed E-state index contributed by atoms with van der Waals surface area (Å²) in [5, 5.41) is 21.3. The fourth-order valence-corrected chi connectivity index (χ4v) is 6.36. The second-order valence-corrected chi connectivity index (χ2v) is 9.04. The minimum absolute atomic E-state index is 0.158. The minimum atomic E-state index is -1.58. The molecule has 2 saturated heterocycles. The first-order chi connectivity index (χ1) is 13.1. The highest BCUT2D eigenvalue weighted by molar-refractivity contribution is 5.93. The Morgan fingerprint density at radius 2 is 1.93 bits per heavy atom. The summed E-state index contributed by atoms with van der Waals surface area (Å²) < 4.78 is 15.4. The normalized spacial score (nSPS) is 49.4. The first kappa shape index (κ1) is 17.9. The predicted octanol–water partition coefficient (Wildman–Crippen LogP) is 0.370. The summed E-state index contributed by atoms with van der Waals surface area (Å²) in [4.78, 5) is 36.7. The molecule has 3 aliphatic heterocycles. The van der Waals surface area contributed by atoms with Crippen LogP contribution in [0.25, 0.3) is 0 Å². The molecule has 0 radical (unpaired) electrons. The number of aliphatic hydroxyl groups is 2. The fourth-order valence-electron chi connectivity index (χ4n) is 6.36. The van der Waals surface area contributed by atoms with E-state index in [2.05, 4.69) is 0 Å². The molecular formula is C20H22O8. The Morgan fingerprint density at radius 1 is 1.18 bits per heavy atom. The lowest BCUT2D eigenvalue weighted by Gasteiger charge is -2.53. The Labute approximate surface area is 161 Å². The standard InChI is InChI=1S/C20H22O8/c1-18-7-12(10-6-14(21)28-15(10)22)27-16(23)11(18)3-4-19(2)13(18)5-9-8-26-17(24)20(9,19)25/h3,6,9,12-13,15,22,25H,4-5,7-8H2,1-2H3/t9-,12+,13-,15-,18+,19+,20+/m0/s1. The number of carbonyl (C=O) groups excluding carboxylic acids is 3. The molecule has 2 N–H and O–H groups in total. The molecule has 0 aromatic heterocycles. The summed E-state index contributed by atoms with van der Waals surface area (Å²) in [6.07, 6.45) is 1.94. The van der Waals surface area contributed by atoms with Gasteiger partial charge in [-0.3, -0.25) is 0 Å². The van der Waals surface area contributed by atoms with E-state index in [0.717, 1.165) is 6.08 Å². The van der Waals surface area contributed by atoms with E-state index in [1.54, 1.807) is 6.08 Å². The van der Waals surface area contributed by atoms with E-state index >= 15 is 0 Å². The van der Waals surface area contributed by atoms with Crippen molar-refractivity contribution in [3.05, 3.63) is 23.3 Å². The lowest BCUT2D eigenvalue weighted by atomic mass is 9.52. The van der Waals surface area contributed by atoms with Crippen molar-refractivity contribution in [1.29, 1.82) is 0 Å². The number of allylic oxidation sites excluding steroid dienone is 1. The van der Waals surface area contributed by atoms with Crippen molar-refractivity contribution >= 4 is 17.9 Å². The smallest absolute Gasteiger partial charge is 0.339 e. The van der Waals surface area contributed by atoms with Gasteiger partial charge in [0.05, 0.1) is 6.61 Å². The molecule has 0 spiro atoms. The summed E-state index contributed by atoms with van der Waals surface area (Å²) in [6, 6.07) is 0. The van der Waals surface area contributed by atoms with Gasteiger partial charge in [-0.2, -0.15) is 0 Å². The van der Waals surface area contributed by atoms with Crippen molar-refractivity contribution in [1.82, 2.24) is 0 Å². The van der Waals surface area contributed by atoms with E-state index < -0.39 is 46.7 Å². The first-order valence-electron chi connectivity index (χ1n) is 9.52. The molecule has 7 atom stereocenters. The molecule has 1 saturated carbocycles. The third-order valence-electron chi connectivity index (χ3n) is 7.84. The van der Waals surface area contributed by atoms with Gasteiger partial charge in [-0.05, 0) is 25.2 Å². The van der Waals surface area contributed by atoms with Crippen LogP contribution in [0.15, 0.2) is 23.3 Å². The van der Waals surface area contributed by atoms with Crippen LogP contribution in [0.4, 0.5) is 0 Å². The first-order valence-corrected chi connectivity index (χ1v) is 9.52. The molecule has 8 nitrogen and oxygen atoms in total. The molecule has 0 amide bonds. The largest absolute Gasteiger partial charge is 0.463 e. The summed E-state index contributed by atoms with van der Waals surface area (Å²) in [5.74, 6) is -2.25. The maximum absolute atomic E-state index is 12.8. The fraction of sp³-hybridized carbons (Fsp3) is 0.650. The highest BCUT2D eigenvalue weighted by atomic mass is 16.6. The number of carbonyl (C=O) groups is 3. The monoisotopic (exact) mass is 390 g/mol. The van der Waals surface area contributed by atoms with E-state index in [1.165, 1.54) is 0 Å². The highest BCUT2D eigenvalue weighted by Crippen LogP contribution is 2.68. The van der Waals surface area contributed by atoms with Crippen molar-refractivity contribution in [2.75, 3.05) is 6.61 Å².